The third kappa shape index (κ3) is 4.35. The molecule has 0 radical (unpaired) electrons. The summed E-state index contributed by atoms with van der Waals surface area (Å²) in [7, 11) is 0. The lowest BCUT2D eigenvalue weighted by atomic mass is 9.93. The topological polar surface area (TPSA) is 100 Å². The van der Waals surface area contributed by atoms with Crippen LogP contribution in [0, 0.1) is 5.82 Å². The molecule has 12 heteroatoms. The van der Waals surface area contributed by atoms with E-state index in [0.29, 0.717) is 59.5 Å². The molecule has 0 bridgehead atoms. The zero-order valence-electron chi connectivity index (χ0n) is 17.2. The van der Waals surface area contributed by atoms with Crippen LogP contribution in [-0.4, -0.2) is 48.0 Å². The van der Waals surface area contributed by atoms with Crippen molar-refractivity contribution in [1.29, 1.82) is 0 Å². The van der Waals surface area contributed by atoms with Crippen molar-refractivity contribution in [2.24, 2.45) is 0 Å². The van der Waals surface area contributed by atoms with Gasteiger partial charge in [0, 0.05) is 41.1 Å². The minimum Gasteiger partial charge on any atom is -0.390 e. The number of aliphatic hydroxyl groups excluding tert-OH is 1. The van der Waals surface area contributed by atoms with Crippen LogP contribution in [0.5, 0.6) is 0 Å². The van der Waals surface area contributed by atoms with Crippen molar-refractivity contribution in [1.82, 2.24) is 24.3 Å². The van der Waals surface area contributed by atoms with Gasteiger partial charge in [-0.1, -0.05) is 0 Å². The minimum absolute atomic E-state index is 0.0559. The molecule has 1 aliphatic carbocycles. The largest absolute Gasteiger partial charge is 0.522 e. The highest BCUT2D eigenvalue weighted by Crippen LogP contribution is 2.31. The molecule has 5 rings (SSSR count). The van der Waals surface area contributed by atoms with E-state index in [1.165, 1.54) is 16.7 Å². The molecule has 1 fully saturated rings. The molecule has 1 aliphatic rings. The maximum atomic E-state index is 14.5. The lowest BCUT2D eigenvalue weighted by Gasteiger charge is -2.29. The van der Waals surface area contributed by atoms with Crippen LogP contribution in [0.2, 0.25) is 0 Å². The second-order valence-electron chi connectivity index (χ2n) is 8.02. The number of rotatable bonds is 5. The number of hydrogen-bond donors (Lipinski definition) is 3. The van der Waals surface area contributed by atoms with Crippen LogP contribution in [0.15, 0.2) is 30.9 Å². The monoisotopic (exact) mass is 464 g/mol. The van der Waals surface area contributed by atoms with Crippen LogP contribution in [0.3, 0.4) is 0 Å². The van der Waals surface area contributed by atoms with Gasteiger partial charge in [-0.05, 0) is 31.7 Å². The highest BCUT2D eigenvalue weighted by Gasteiger charge is 2.35. The van der Waals surface area contributed by atoms with E-state index in [0.717, 1.165) is 0 Å². The Balaban J connectivity index is 1.34. The first-order valence-electron chi connectivity index (χ1n) is 10.4. The zero-order chi connectivity index (χ0) is 23.2. The molecule has 4 heterocycles. The number of aromatic amines is 1. The van der Waals surface area contributed by atoms with Crippen molar-refractivity contribution in [2.45, 2.75) is 50.8 Å². The van der Waals surface area contributed by atoms with E-state index in [1.54, 1.807) is 18.6 Å². The molecule has 4 aromatic rings. The first-order chi connectivity index (χ1) is 15.8. The van der Waals surface area contributed by atoms with Crippen molar-refractivity contribution in [2.75, 3.05) is 5.32 Å². The number of H-pyrrole nitrogens is 1. The smallest absolute Gasteiger partial charge is 0.390 e. The summed E-state index contributed by atoms with van der Waals surface area (Å²) in [5, 5.41) is 13.3. The van der Waals surface area contributed by atoms with Gasteiger partial charge in [0.25, 0.3) is 0 Å². The lowest BCUT2D eigenvalue weighted by molar-refractivity contribution is -0.345. The quantitative estimate of drug-likeness (QED) is 0.384. The van der Waals surface area contributed by atoms with Crippen molar-refractivity contribution >= 4 is 22.6 Å². The van der Waals surface area contributed by atoms with Gasteiger partial charge in [-0.25, -0.2) is 14.4 Å². The van der Waals surface area contributed by atoms with Crippen LogP contribution >= 0.6 is 0 Å². The Bertz CT molecular complexity index is 1290. The Kier molecular flexibility index (Phi) is 5.41. The molecule has 0 unspecified atom stereocenters. The molecule has 3 N–H and O–H groups in total. The molecule has 8 nitrogen and oxygen atoms in total. The van der Waals surface area contributed by atoms with E-state index >= 15 is 0 Å². The summed E-state index contributed by atoms with van der Waals surface area (Å²) in [6, 6.07) is 1.30. The Morgan fingerprint density at radius 3 is 2.70 bits per heavy atom. The fourth-order valence-corrected chi connectivity index (χ4v) is 4.27. The molecule has 0 amide bonds. The number of aliphatic hydroxyl groups is 1. The predicted molar refractivity (Wildman–Crippen MR) is 111 cm³/mol. The fourth-order valence-electron chi connectivity index (χ4n) is 4.27. The van der Waals surface area contributed by atoms with Crippen molar-refractivity contribution in [3.63, 3.8) is 0 Å². The summed E-state index contributed by atoms with van der Waals surface area (Å²) in [6.45, 7) is -0.277. The molecule has 0 spiro atoms. The van der Waals surface area contributed by atoms with Gasteiger partial charge in [0.05, 0.1) is 24.6 Å². The average molecular weight is 464 g/mol. The average Bonchev–Trinajstić information content (AvgIpc) is 3.38. The third-order valence-corrected chi connectivity index (χ3v) is 5.85. The maximum Gasteiger partial charge on any atom is 0.522 e. The molecular weight excluding hydrogens is 444 g/mol. The SMILES string of the molecule is OCc1cnc2c(F)cc(-c3c[nH]c4nc(N[C@H]5CC[C@@H](OC(F)(F)F)CC5)ncc34)cn12. The van der Waals surface area contributed by atoms with Crippen molar-refractivity contribution < 1.29 is 27.4 Å². The molecule has 1 saturated carbocycles. The van der Waals surface area contributed by atoms with E-state index in [-0.39, 0.29) is 18.3 Å². The van der Waals surface area contributed by atoms with Gasteiger partial charge in [-0.3, -0.25) is 9.14 Å². The van der Waals surface area contributed by atoms with Crippen LogP contribution in [-0.2, 0) is 11.3 Å². The van der Waals surface area contributed by atoms with Gasteiger partial charge in [-0.2, -0.15) is 4.98 Å². The Morgan fingerprint density at radius 1 is 1.18 bits per heavy atom. The van der Waals surface area contributed by atoms with E-state index in [1.807, 2.05) is 0 Å². The number of nitrogens with one attached hydrogen (secondary N) is 2. The number of nitrogens with zero attached hydrogens (tertiary/aromatic N) is 4. The second-order valence-corrected chi connectivity index (χ2v) is 8.02. The number of halogens is 4. The Labute approximate surface area is 184 Å². The fraction of sp³-hybridized carbons (Fsp3) is 0.381. The number of pyridine rings is 1. The number of hydrogen-bond acceptors (Lipinski definition) is 6. The summed E-state index contributed by atoms with van der Waals surface area (Å²) in [5.74, 6) is -0.166. The highest BCUT2D eigenvalue weighted by atomic mass is 19.4. The number of alkyl halides is 3. The van der Waals surface area contributed by atoms with E-state index in [9.17, 15) is 22.7 Å². The predicted octanol–water partition coefficient (Wildman–Crippen LogP) is 4.16. The second kappa shape index (κ2) is 8.27. The van der Waals surface area contributed by atoms with E-state index in [4.69, 9.17) is 0 Å². The summed E-state index contributed by atoms with van der Waals surface area (Å²) < 4.78 is 57.3. The lowest BCUT2D eigenvalue weighted by Crippen LogP contribution is -2.33. The third-order valence-electron chi connectivity index (χ3n) is 5.85. The number of aromatic nitrogens is 5. The van der Waals surface area contributed by atoms with Crippen molar-refractivity contribution in [3.05, 3.63) is 42.4 Å². The van der Waals surface area contributed by atoms with Gasteiger partial charge < -0.3 is 15.4 Å². The van der Waals surface area contributed by atoms with Gasteiger partial charge in [0.2, 0.25) is 5.95 Å². The van der Waals surface area contributed by atoms with Gasteiger partial charge in [0.15, 0.2) is 11.5 Å². The normalized spacial score (nSPS) is 19.4. The summed E-state index contributed by atoms with van der Waals surface area (Å²) in [6.07, 6.45) is 2.58. The van der Waals surface area contributed by atoms with Gasteiger partial charge in [0.1, 0.15) is 5.65 Å². The Hall–Kier alpha value is -3.25. The number of anilines is 1. The molecule has 4 aromatic heterocycles. The summed E-state index contributed by atoms with van der Waals surface area (Å²) in [4.78, 5) is 15.8. The maximum absolute atomic E-state index is 14.5. The van der Waals surface area contributed by atoms with Crippen LogP contribution in [0.1, 0.15) is 31.4 Å². The van der Waals surface area contributed by atoms with E-state index < -0.39 is 18.3 Å². The number of imidazole rings is 1. The summed E-state index contributed by atoms with van der Waals surface area (Å²) >= 11 is 0. The zero-order valence-corrected chi connectivity index (χ0v) is 17.2. The molecule has 0 atom stereocenters. The van der Waals surface area contributed by atoms with Gasteiger partial charge in [-0.15, -0.1) is 13.2 Å². The first kappa shape index (κ1) is 21.6. The standard InChI is InChI=1S/C21H20F4N6O2/c22-17-5-11(9-31-13(10-32)6-27-19(17)31)15-7-26-18-16(15)8-28-20(30-18)29-12-1-3-14(4-2-12)33-21(23,24)25/h5-9,12,14,32H,1-4,10H2,(H2,26,28,29,30)/t12-,14+. The molecule has 174 valence electrons. The summed E-state index contributed by atoms with van der Waals surface area (Å²) in [5.41, 5.74) is 2.36. The molecule has 0 saturated heterocycles. The molecule has 0 aromatic carbocycles. The van der Waals surface area contributed by atoms with Crippen molar-refractivity contribution in [3.8, 4) is 11.1 Å². The van der Waals surface area contributed by atoms with Gasteiger partial charge >= 0.3 is 6.36 Å². The Morgan fingerprint density at radius 2 is 1.97 bits per heavy atom. The van der Waals surface area contributed by atoms with Crippen LogP contribution < -0.4 is 5.32 Å². The molecular formula is C21H20F4N6O2. The first-order valence-corrected chi connectivity index (χ1v) is 10.4. The number of ether oxygens (including phenoxy) is 1. The van der Waals surface area contributed by atoms with Crippen LogP contribution in [0.4, 0.5) is 23.5 Å². The minimum atomic E-state index is -4.62. The number of fused-ring (bicyclic) bond motifs is 2. The van der Waals surface area contributed by atoms with E-state index in [2.05, 4.69) is 30.0 Å². The molecule has 0 aliphatic heterocycles. The highest BCUT2D eigenvalue weighted by molar-refractivity contribution is 5.93. The van der Waals surface area contributed by atoms with Crippen LogP contribution in [0.25, 0.3) is 27.8 Å². The molecule has 33 heavy (non-hydrogen) atoms.